The quantitative estimate of drug-likeness (QED) is 0.235. The van der Waals surface area contributed by atoms with E-state index in [0.29, 0.717) is 0 Å². The Kier molecular flexibility index (Phi) is 8.67. The number of halogens is 2. The van der Waals surface area contributed by atoms with Crippen LogP contribution >= 0.6 is 0 Å². The van der Waals surface area contributed by atoms with Crippen molar-refractivity contribution in [3.63, 3.8) is 0 Å². The third-order valence-corrected chi connectivity index (χ3v) is 4.52. The van der Waals surface area contributed by atoms with E-state index in [1.165, 1.54) is 11.1 Å². The van der Waals surface area contributed by atoms with E-state index in [0.717, 1.165) is 26.2 Å². The van der Waals surface area contributed by atoms with Crippen LogP contribution in [0.3, 0.4) is 0 Å². The molecule has 0 atom stereocenters. The van der Waals surface area contributed by atoms with Gasteiger partial charge in [-0.15, -0.1) is 0 Å². The number of hydrogen-bond donors (Lipinski definition) is 0. The lowest BCUT2D eigenvalue weighted by Crippen LogP contribution is -3.00. The zero-order valence-corrected chi connectivity index (χ0v) is 18.8. The van der Waals surface area contributed by atoms with Crippen molar-refractivity contribution in [3.05, 3.63) is 109 Å². The van der Waals surface area contributed by atoms with E-state index < -0.39 is 0 Å². The fourth-order valence-corrected chi connectivity index (χ4v) is 3.15. The van der Waals surface area contributed by atoms with Crippen LogP contribution in [-0.2, 0) is 26.2 Å². The number of benzene rings is 2. The molecule has 0 spiro atoms. The molecule has 28 heavy (non-hydrogen) atoms. The lowest BCUT2D eigenvalue weighted by Gasteiger charge is -1.97. The molecule has 0 N–H and O–H groups in total. The molecule has 4 rings (SSSR count). The van der Waals surface area contributed by atoms with E-state index in [4.69, 9.17) is 0 Å². The molecule has 0 amide bonds. The molecule has 0 aliphatic heterocycles. The van der Waals surface area contributed by atoms with Crippen LogP contribution in [0.15, 0.2) is 98.1 Å². The third-order valence-electron chi connectivity index (χ3n) is 4.52. The summed E-state index contributed by atoms with van der Waals surface area (Å²) >= 11 is 0. The zero-order chi connectivity index (χ0) is 17.6. The first-order valence-electron chi connectivity index (χ1n) is 9.03. The van der Waals surface area contributed by atoms with E-state index in [-0.39, 0.29) is 34.0 Å². The van der Waals surface area contributed by atoms with Crippen molar-refractivity contribution in [2.75, 3.05) is 0 Å². The largest absolute Gasteiger partial charge is 1.00 e. The first kappa shape index (κ1) is 22.1. The van der Waals surface area contributed by atoms with Crippen LogP contribution in [0, 0.1) is 0 Å². The van der Waals surface area contributed by atoms with Gasteiger partial charge in [-0.1, -0.05) is 60.7 Å². The summed E-state index contributed by atoms with van der Waals surface area (Å²) in [6, 6.07) is 21.1. The van der Waals surface area contributed by atoms with E-state index in [9.17, 15) is 0 Å². The molecular weight excluding hydrogens is 480 g/mol. The highest BCUT2D eigenvalue weighted by Crippen LogP contribution is 1.99. The molecule has 2 heterocycles. The fourth-order valence-electron chi connectivity index (χ4n) is 3.15. The molecule has 0 saturated heterocycles. The van der Waals surface area contributed by atoms with Crippen molar-refractivity contribution < 1.29 is 43.1 Å². The lowest BCUT2D eigenvalue weighted by atomic mass is 10.2. The SMILES string of the molecule is [Br-].[Br-].c1ccc(C[n+]2ccn(CCn3cc[n+](Cc4ccccc4)c3)c2)cc1. The van der Waals surface area contributed by atoms with Crippen molar-refractivity contribution in [2.45, 2.75) is 26.2 Å². The standard InChI is InChI=1S/C22H24N4.2BrH/c1-3-7-21(8-4-1)17-25-15-13-23(19-25)11-12-24-14-16-26(20-24)18-22-9-5-2-6-10-22;;/h1-10,13-16,19-20H,11-12,17-18H2;2*1H/q+2;;/p-2. The Labute approximate surface area is 187 Å². The van der Waals surface area contributed by atoms with Crippen LogP contribution in [0.25, 0.3) is 0 Å². The monoisotopic (exact) mass is 502 g/mol. The zero-order valence-electron chi connectivity index (χ0n) is 15.6. The molecular formula is C22H24Br2N4. The molecule has 0 unspecified atom stereocenters. The van der Waals surface area contributed by atoms with Gasteiger partial charge in [0.05, 0.1) is 0 Å². The van der Waals surface area contributed by atoms with Crippen molar-refractivity contribution in [3.8, 4) is 0 Å². The molecule has 2 aromatic heterocycles. The smallest absolute Gasteiger partial charge is 0.244 e. The first-order chi connectivity index (χ1) is 12.8. The van der Waals surface area contributed by atoms with Crippen LogP contribution in [0.4, 0.5) is 0 Å². The maximum absolute atomic E-state index is 2.24. The molecule has 4 aromatic rings. The number of aromatic nitrogens is 4. The predicted molar refractivity (Wildman–Crippen MR) is 100 cm³/mol. The summed E-state index contributed by atoms with van der Waals surface area (Å²) in [6.07, 6.45) is 12.9. The van der Waals surface area contributed by atoms with Gasteiger partial charge in [-0.3, -0.25) is 0 Å². The van der Waals surface area contributed by atoms with Gasteiger partial charge in [-0.2, -0.15) is 0 Å². The summed E-state index contributed by atoms with van der Waals surface area (Å²) in [5.74, 6) is 0. The second-order valence-corrected chi connectivity index (χ2v) is 6.62. The van der Waals surface area contributed by atoms with Gasteiger partial charge in [-0.05, 0) is 11.1 Å². The minimum atomic E-state index is 0. The maximum Gasteiger partial charge on any atom is 0.244 e. The van der Waals surface area contributed by atoms with Crippen LogP contribution in [0.1, 0.15) is 11.1 Å². The topological polar surface area (TPSA) is 17.6 Å². The molecule has 4 nitrogen and oxygen atoms in total. The highest BCUT2D eigenvalue weighted by atomic mass is 79.9. The van der Waals surface area contributed by atoms with Gasteiger partial charge in [0, 0.05) is 0 Å². The van der Waals surface area contributed by atoms with E-state index in [2.05, 4.69) is 116 Å². The Morgan fingerprint density at radius 1 is 0.571 bits per heavy atom. The van der Waals surface area contributed by atoms with Crippen molar-refractivity contribution in [1.82, 2.24) is 9.13 Å². The van der Waals surface area contributed by atoms with Crippen molar-refractivity contribution in [1.29, 1.82) is 0 Å². The first-order valence-corrected chi connectivity index (χ1v) is 9.03. The van der Waals surface area contributed by atoms with Crippen LogP contribution in [-0.4, -0.2) is 9.13 Å². The Bertz CT molecular complexity index is 869. The van der Waals surface area contributed by atoms with Gasteiger partial charge in [0.1, 0.15) is 51.0 Å². The Morgan fingerprint density at radius 2 is 0.964 bits per heavy atom. The molecule has 0 saturated carbocycles. The molecule has 2 aromatic carbocycles. The summed E-state index contributed by atoms with van der Waals surface area (Å²) in [6.45, 7) is 3.74. The number of nitrogens with zero attached hydrogens (tertiary/aromatic N) is 4. The number of hydrogen-bond acceptors (Lipinski definition) is 0. The average Bonchev–Trinajstić information content (AvgIpc) is 3.31. The lowest BCUT2D eigenvalue weighted by molar-refractivity contribution is -0.688. The van der Waals surface area contributed by atoms with Crippen LogP contribution in [0.5, 0.6) is 0 Å². The van der Waals surface area contributed by atoms with Gasteiger partial charge < -0.3 is 34.0 Å². The minimum absolute atomic E-state index is 0. The highest BCUT2D eigenvalue weighted by Gasteiger charge is 2.08. The van der Waals surface area contributed by atoms with Gasteiger partial charge >= 0.3 is 0 Å². The second-order valence-electron chi connectivity index (χ2n) is 6.62. The Hall–Kier alpha value is -2.18. The third kappa shape index (κ3) is 6.17. The summed E-state index contributed by atoms with van der Waals surface area (Å²) in [5, 5.41) is 0. The minimum Gasteiger partial charge on any atom is -1.00 e. The van der Waals surface area contributed by atoms with Crippen LogP contribution < -0.4 is 43.1 Å². The molecule has 0 aliphatic carbocycles. The van der Waals surface area contributed by atoms with Crippen molar-refractivity contribution in [2.24, 2.45) is 0 Å². The van der Waals surface area contributed by atoms with Gasteiger partial charge in [0.25, 0.3) is 0 Å². The summed E-state index contributed by atoms with van der Waals surface area (Å²) in [4.78, 5) is 0. The molecule has 0 radical (unpaired) electrons. The summed E-state index contributed by atoms with van der Waals surface area (Å²) < 4.78 is 8.93. The van der Waals surface area contributed by atoms with Gasteiger partial charge in [-0.25, -0.2) is 18.3 Å². The highest BCUT2D eigenvalue weighted by molar-refractivity contribution is 5.13. The number of aryl methyl sites for hydroxylation is 2. The molecule has 6 heteroatoms. The van der Waals surface area contributed by atoms with E-state index in [1.807, 2.05) is 0 Å². The molecule has 0 fully saturated rings. The Morgan fingerprint density at radius 3 is 1.36 bits per heavy atom. The molecule has 0 aliphatic rings. The van der Waals surface area contributed by atoms with E-state index >= 15 is 0 Å². The predicted octanol–water partition coefficient (Wildman–Crippen LogP) is -3.33. The average molecular weight is 504 g/mol. The number of rotatable bonds is 7. The van der Waals surface area contributed by atoms with Crippen LogP contribution in [0.2, 0.25) is 0 Å². The fraction of sp³-hybridized carbons (Fsp3) is 0.182. The summed E-state index contributed by atoms with van der Waals surface area (Å²) in [5.41, 5.74) is 2.64. The molecule has 146 valence electrons. The summed E-state index contributed by atoms with van der Waals surface area (Å²) in [7, 11) is 0. The van der Waals surface area contributed by atoms with Gasteiger partial charge in [0.15, 0.2) is 0 Å². The second kappa shape index (κ2) is 11.0. The maximum atomic E-state index is 2.24. The van der Waals surface area contributed by atoms with E-state index in [1.54, 1.807) is 0 Å². The normalized spacial score (nSPS) is 10.1. The Balaban J connectivity index is 0.00000140. The number of imidazole rings is 2. The molecule has 0 bridgehead atoms. The van der Waals surface area contributed by atoms with Gasteiger partial charge in [0.2, 0.25) is 12.7 Å². The van der Waals surface area contributed by atoms with Crippen molar-refractivity contribution >= 4 is 0 Å².